The van der Waals surface area contributed by atoms with Crippen molar-refractivity contribution in [2.45, 2.75) is 38.7 Å². The number of hydrogen-bond acceptors (Lipinski definition) is 9. The molecule has 0 aromatic carbocycles. The third-order valence-corrected chi connectivity index (χ3v) is 4.65. The maximum atomic E-state index is 11.6. The van der Waals surface area contributed by atoms with Gasteiger partial charge in [0.1, 0.15) is 24.2 Å². The van der Waals surface area contributed by atoms with Gasteiger partial charge in [0.05, 0.1) is 19.0 Å². The molecule has 0 spiro atoms. The molecular formula is C13H22N5O6P. The molecule has 0 saturated heterocycles. The van der Waals surface area contributed by atoms with Gasteiger partial charge in [0.25, 0.3) is 0 Å². The molecule has 25 heavy (non-hydrogen) atoms. The van der Waals surface area contributed by atoms with E-state index < -0.39 is 32.9 Å². The van der Waals surface area contributed by atoms with Crippen LogP contribution < -0.4 is 5.73 Å². The number of aromatic nitrogens is 4. The molecule has 0 saturated carbocycles. The summed E-state index contributed by atoms with van der Waals surface area (Å²) in [7, 11) is -3.22. The molecule has 2 aromatic rings. The second-order valence-corrected chi connectivity index (χ2v) is 6.76. The summed E-state index contributed by atoms with van der Waals surface area (Å²) in [5, 5.41) is 9.49. The monoisotopic (exact) mass is 375 g/mol. The van der Waals surface area contributed by atoms with Crippen LogP contribution in [0.4, 0.5) is 5.82 Å². The zero-order chi connectivity index (χ0) is 18.6. The number of nitrogens with two attached hydrogens (primary N) is 1. The van der Waals surface area contributed by atoms with Crippen LogP contribution in [0.1, 0.15) is 26.5 Å². The lowest BCUT2D eigenvalue weighted by molar-refractivity contribution is -0.107. The molecule has 0 radical (unpaired) electrons. The number of nitrogens with zero attached hydrogens (tertiary/aromatic N) is 4. The lowest BCUT2D eigenvalue weighted by atomic mass is 10.1. The van der Waals surface area contributed by atoms with Crippen LogP contribution in [0.15, 0.2) is 12.7 Å². The second-order valence-electron chi connectivity index (χ2n) is 5.24. The third kappa shape index (κ3) is 4.51. The molecule has 4 atom stereocenters. The molecule has 3 unspecified atom stereocenters. The van der Waals surface area contributed by atoms with Gasteiger partial charge in [0, 0.05) is 7.11 Å². The largest absolute Gasteiger partial charge is 0.472 e. The van der Waals surface area contributed by atoms with Gasteiger partial charge in [-0.3, -0.25) is 13.6 Å². The Bertz CT molecular complexity index is 756. The summed E-state index contributed by atoms with van der Waals surface area (Å²) in [6.45, 7) is 3.02. The second kappa shape index (κ2) is 8.17. The number of rotatable bonds is 9. The molecule has 0 aliphatic carbocycles. The molecule has 2 aromatic heterocycles. The quantitative estimate of drug-likeness (QED) is 0.537. The van der Waals surface area contributed by atoms with Crippen LogP contribution >= 0.6 is 7.82 Å². The number of phosphoric ester groups is 1. The lowest BCUT2D eigenvalue weighted by Crippen LogP contribution is -2.35. The van der Waals surface area contributed by atoms with Crippen LogP contribution in [-0.2, 0) is 18.3 Å². The minimum atomic E-state index is -4.26. The van der Waals surface area contributed by atoms with Crippen molar-refractivity contribution in [2.75, 3.05) is 19.5 Å². The number of phosphoric acid groups is 1. The Kier molecular flexibility index (Phi) is 6.44. The topological polar surface area (TPSA) is 155 Å². The van der Waals surface area contributed by atoms with Gasteiger partial charge in [0.15, 0.2) is 11.5 Å². The first-order valence-corrected chi connectivity index (χ1v) is 9.08. The zero-order valence-electron chi connectivity index (χ0n) is 14.1. The summed E-state index contributed by atoms with van der Waals surface area (Å²) in [4.78, 5) is 21.6. The molecular weight excluding hydrogens is 353 g/mol. The average Bonchev–Trinajstić information content (AvgIpc) is 3.03. The summed E-state index contributed by atoms with van der Waals surface area (Å²) in [6, 6.07) is 0. The summed E-state index contributed by atoms with van der Waals surface area (Å²) in [5.74, 6) is 0.251. The summed E-state index contributed by atoms with van der Waals surface area (Å²) in [6.07, 6.45) is 0.976. The van der Waals surface area contributed by atoms with E-state index in [4.69, 9.17) is 15.0 Å². The van der Waals surface area contributed by atoms with Gasteiger partial charge in [-0.25, -0.2) is 19.5 Å². The van der Waals surface area contributed by atoms with Crippen LogP contribution in [0.2, 0.25) is 0 Å². The Labute approximate surface area is 144 Å². The predicted molar refractivity (Wildman–Crippen MR) is 88.4 cm³/mol. The van der Waals surface area contributed by atoms with E-state index >= 15 is 0 Å². The fourth-order valence-electron chi connectivity index (χ4n) is 2.33. The van der Waals surface area contributed by atoms with Crippen LogP contribution in [0.5, 0.6) is 0 Å². The minimum Gasteiger partial charge on any atom is -0.394 e. The molecule has 0 amide bonds. The molecule has 0 aliphatic heterocycles. The number of nitrogen functional groups attached to an aromatic ring is 1. The van der Waals surface area contributed by atoms with E-state index in [0.29, 0.717) is 17.6 Å². The summed E-state index contributed by atoms with van der Waals surface area (Å²) >= 11 is 0. The van der Waals surface area contributed by atoms with Gasteiger partial charge < -0.3 is 20.5 Å². The van der Waals surface area contributed by atoms with E-state index in [1.807, 2.05) is 0 Å². The first-order chi connectivity index (χ1) is 11.8. The van der Waals surface area contributed by atoms with Gasteiger partial charge in [-0.05, 0) is 13.3 Å². The highest BCUT2D eigenvalue weighted by atomic mass is 31.2. The molecule has 2 heterocycles. The Morgan fingerprint density at radius 3 is 2.68 bits per heavy atom. The number of aliphatic hydroxyl groups is 1. The average molecular weight is 375 g/mol. The van der Waals surface area contributed by atoms with E-state index in [2.05, 4.69) is 19.5 Å². The highest BCUT2D eigenvalue weighted by molar-refractivity contribution is 7.47. The summed E-state index contributed by atoms with van der Waals surface area (Å²) < 4.78 is 28.5. The molecule has 11 nitrogen and oxygen atoms in total. The molecule has 2 rings (SSSR count). The molecule has 4 N–H and O–H groups in total. The van der Waals surface area contributed by atoms with Gasteiger partial charge >= 0.3 is 7.82 Å². The Morgan fingerprint density at radius 2 is 2.08 bits per heavy atom. The number of anilines is 1. The Balaban J connectivity index is 2.19. The Morgan fingerprint density at radius 1 is 1.36 bits per heavy atom. The number of imidazole rings is 1. The molecule has 0 aliphatic rings. The Hall–Kier alpha value is -1.62. The van der Waals surface area contributed by atoms with Crippen molar-refractivity contribution in [3.05, 3.63) is 12.7 Å². The van der Waals surface area contributed by atoms with Crippen LogP contribution in [0.25, 0.3) is 11.2 Å². The van der Waals surface area contributed by atoms with Crippen molar-refractivity contribution in [2.24, 2.45) is 0 Å². The van der Waals surface area contributed by atoms with Crippen molar-refractivity contribution in [3.63, 3.8) is 0 Å². The molecule has 0 bridgehead atoms. The van der Waals surface area contributed by atoms with E-state index in [1.165, 1.54) is 12.7 Å². The van der Waals surface area contributed by atoms with Crippen molar-refractivity contribution >= 4 is 24.8 Å². The minimum absolute atomic E-state index is 0.251. The van der Waals surface area contributed by atoms with Gasteiger partial charge in [-0.2, -0.15) is 0 Å². The smallest absolute Gasteiger partial charge is 0.394 e. The highest BCUT2D eigenvalue weighted by Gasteiger charge is 2.32. The van der Waals surface area contributed by atoms with Crippen molar-refractivity contribution in [1.82, 2.24) is 19.5 Å². The number of fused-ring (bicyclic) bond motifs is 1. The highest BCUT2D eigenvalue weighted by Crippen LogP contribution is 2.44. The lowest BCUT2D eigenvalue weighted by Gasteiger charge is -2.29. The van der Waals surface area contributed by atoms with E-state index in [1.54, 1.807) is 18.4 Å². The fraction of sp³-hybridized carbons (Fsp3) is 0.615. The zero-order valence-corrected chi connectivity index (χ0v) is 15.0. The van der Waals surface area contributed by atoms with Crippen molar-refractivity contribution < 1.29 is 28.3 Å². The van der Waals surface area contributed by atoms with E-state index in [0.717, 1.165) is 7.11 Å². The molecule has 140 valence electrons. The number of ether oxygens (including phenoxy) is 1. The first kappa shape index (κ1) is 19.7. The maximum Gasteiger partial charge on any atom is 0.472 e. The fourth-order valence-corrected chi connectivity index (χ4v) is 2.96. The van der Waals surface area contributed by atoms with Crippen molar-refractivity contribution in [1.29, 1.82) is 0 Å². The third-order valence-electron chi connectivity index (χ3n) is 3.65. The van der Waals surface area contributed by atoms with Crippen LogP contribution in [-0.4, -0.2) is 55.4 Å². The van der Waals surface area contributed by atoms with Gasteiger partial charge in [-0.1, -0.05) is 6.92 Å². The standard InChI is InChI=1S/C13H22N5O6P/c1-4-9(10(5-19)24-25(20,21)22-3)23-8(2)18-7-17-11-12(14)15-6-16-13(11)18/h6-10,19H,4-5H2,1-3H3,(H,20,21)(H2,14,15,16)/t8?,9-,10?/m0/s1. The molecule has 0 fully saturated rings. The number of aliphatic hydroxyl groups excluding tert-OH is 1. The number of hydrogen-bond donors (Lipinski definition) is 3. The molecule has 12 heteroatoms. The normalized spacial score (nSPS) is 18.0. The van der Waals surface area contributed by atoms with Crippen LogP contribution in [0.3, 0.4) is 0 Å². The predicted octanol–water partition coefficient (Wildman–Crippen LogP) is 0.847. The maximum absolute atomic E-state index is 11.6. The van der Waals surface area contributed by atoms with Gasteiger partial charge in [-0.15, -0.1) is 0 Å². The first-order valence-electron chi connectivity index (χ1n) is 7.59. The van der Waals surface area contributed by atoms with E-state index in [-0.39, 0.29) is 5.82 Å². The van der Waals surface area contributed by atoms with E-state index in [9.17, 15) is 14.6 Å². The summed E-state index contributed by atoms with van der Waals surface area (Å²) in [5.41, 5.74) is 6.69. The SMILES string of the molecule is CC[C@H](OC(C)n1cnc2c(N)ncnc21)C(CO)OP(=O)(O)OC. The van der Waals surface area contributed by atoms with Crippen molar-refractivity contribution in [3.8, 4) is 0 Å². The van der Waals surface area contributed by atoms with Gasteiger partial charge in [0.2, 0.25) is 0 Å². The van der Waals surface area contributed by atoms with Crippen LogP contribution in [0, 0.1) is 0 Å².